The van der Waals surface area contributed by atoms with Gasteiger partial charge in [0.2, 0.25) is 5.91 Å². The van der Waals surface area contributed by atoms with Crippen molar-refractivity contribution in [3.8, 4) is 11.3 Å². The van der Waals surface area contributed by atoms with Gasteiger partial charge in [-0.25, -0.2) is 13.9 Å². The number of aromatic nitrogens is 3. The van der Waals surface area contributed by atoms with Gasteiger partial charge in [-0.1, -0.05) is 26.7 Å². The monoisotopic (exact) mass is 477 g/mol. The molecule has 2 aliphatic rings. The van der Waals surface area contributed by atoms with E-state index in [-0.39, 0.29) is 23.3 Å². The van der Waals surface area contributed by atoms with Crippen LogP contribution in [0.15, 0.2) is 30.3 Å². The first-order chi connectivity index (χ1) is 16.8. The summed E-state index contributed by atoms with van der Waals surface area (Å²) in [6.45, 7) is 6.75. The summed E-state index contributed by atoms with van der Waals surface area (Å²) in [6, 6.07) is 8.34. The highest BCUT2D eigenvalue weighted by Gasteiger charge is 2.44. The van der Waals surface area contributed by atoms with Crippen LogP contribution in [0, 0.1) is 11.2 Å². The number of fused-ring (bicyclic) bond motifs is 1. The average Bonchev–Trinajstić information content (AvgIpc) is 3.51. The van der Waals surface area contributed by atoms with E-state index in [0.717, 1.165) is 50.8 Å². The van der Waals surface area contributed by atoms with Crippen LogP contribution in [0.25, 0.3) is 16.9 Å². The van der Waals surface area contributed by atoms with E-state index >= 15 is 4.39 Å². The number of hydrogen-bond donors (Lipinski definition) is 1. The minimum absolute atomic E-state index is 0.0602. The van der Waals surface area contributed by atoms with Crippen LogP contribution in [0.2, 0.25) is 0 Å². The standard InChI is InChI=1S/C27H32FN5O2/c1-4-19-15-23(25(34)32-13-7-5-6-8-17(32)2)30-24-16-22(31-33(19)24)20-10-9-18(14-21(20)28)29-26(35)27(3)11-12-27/h9-10,14-17H,4-8,11-13H2,1-3H3,(H,29,35). The lowest BCUT2D eigenvalue weighted by atomic mass is 10.1. The lowest BCUT2D eigenvalue weighted by Crippen LogP contribution is -2.38. The van der Waals surface area contributed by atoms with Crippen LogP contribution in [0.3, 0.4) is 0 Å². The molecule has 3 aromatic rings. The fourth-order valence-corrected chi connectivity index (χ4v) is 4.75. The summed E-state index contributed by atoms with van der Waals surface area (Å²) in [7, 11) is 0. The smallest absolute Gasteiger partial charge is 0.272 e. The van der Waals surface area contributed by atoms with Gasteiger partial charge in [-0.05, 0) is 63.3 Å². The first kappa shape index (κ1) is 23.5. The Morgan fingerprint density at radius 2 is 1.97 bits per heavy atom. The Morgan fingerprint density at radius 1 is 1.17 bits per heavy atom. The lowest BCUT2D eigenvalue weighted by molar-refractivity contribution is -0.120. The molecule has 35 heavy (non-hydrogen) atoms. The van der Waals surface area contributed by atoms with Gasteiger partial charge >= 0.3 is 0 Å². The Hall–Kier alpha value is -3.29. The third-order valence-corrected chi connectivity index (χ3v) is 7.45. The zero-order chi connectivity index (χ0) is 24.7. The maximum atomic E-state index is 15.1. The fraction of sp³-hybridized carbons (Fsp3) is 0.481. The van der Waals surface area contributed by atoms with E-state index in [4.69, 9.17) is 0 Å². The largest absolute Gasteiger partial charge is 0.335 e. The van der Waals surface area contributed by atoms with Crippen LogP contribution in [0.1, 0.15) is 75.5 Å². The van der Waals surface area contributed by atoms with E-state index in [9.17, 15) is 9.59 Å². The predicted octanol–water partition coefficient (Wildman–Crippen LogP) is 5.24. The number of nitrogens with one attached hydrogen (secondary N) is 1. The number of amides is 2. The van der Waals surface area contributed by atoms with Crippen molar-refractivity contribution < 1.29 is 14.0 Å². The number of carbonyl (C=O) groups is 2. The Bertz CT molecular complexity index is 1300. The molecule has 1 unspecified atom stereocenters. The highest BCUT2D eigenvalue weighted by Crippen LogP contribution is 2.45. The van der Waals surface area contributed by atoms with Crippen molar-refractivity contribution in [3.05, 3.63) is 47.5 Å². The number of anilines is 1. The van der Waals surface area contributed by atoms with Gasteiger partial charge in [0, 0.05) is 41.0 Å². The number of aryl methyl sites for hydroxylation is 1. The van der Waals surface area contributed by atoms with Crippen molar-refractivity contribution in [3.63, 3.8) is 0 Å². The minimum atomic E-state index is -0.472. The first-order valence-corrected chi connectivity index (χ1v) is 12.6. The molecule has 0 radical (unpaired) electrons. The van der Waals surface area contributed by atoms with Gasteiger partial charge in [0.05, 0.1) is 5.69 Å². The molecule has 1 aliphatic carbocycles. The minimum Gasteiger partial charge on any atom is -0.335 e. The van der Waals surface area contributed by atoms with Crippen LogP contribution in [0.4, 0.5) is 10.1 Å². The first-order valence-electron chi connectivity index (χ1n) is 12.6. The molecule has 1 N–H and O–H groups in total. The molecule has 2 amide bonds. The Kier molecular flexibility index (Phi) is 6.07. The number of halogens is 1. The third-order valence-electron chi connectivity index (χ3n) is 7.45. The number of nitrogens with zero attached hydrogens (tertiary/aromatic N) is 4. The van der Waals surface area contributed by atoms with Crippen molar-refractivity contribution in [2.75, 3.05) is 11.9 Å². The molecule has 1 saturated heterocycles. The fourth-order valence-electron chi connectivity index (χ4n) is 4.75. The zero-order valence-electron chi connectivity index (χ0n) is 20.6. The normalized spacial score (nSPS) is 19.4. The van der Waals surface area contributed by atoms with E-state index < -0.39 is 5.82 Å². The summed E-state index contributed by atoms with van der Waals surface area (Å²) in [5.74, 6) is -0.611. The maximum Gasteiger partial charge on any atom is 0.272 e. The van der Waals surface area contributed by atoms with E-state index in [1.807, 2.05) is 18.7 Å². The second-order valence-electron chi connectivity index (χ2n) is 10.2. The number of likely N-dealkylation sites (tertiary alicyclic amines) is 1. The molecule has 1 aromatic carbocycles. The molecule has 0 bridgehead atoms. The van der Waals surface area contributed by atoms with Gasteiger partial charge in [0.15, 0.2) is 5.65 Å². The lowest BCUT2D eigenvalue weighted by Gasteiger charge is -2.27. The predicted molar refractivity (Wildman–Crippen MR) is 133 cm³/mol. The van der Waals surface area contributed by atoms with Gasteiger partial charge in [-0.3, -0.25) is 9.59 Å². The summed E-state index contributed by atoms with van der Waals surface area (Å²) < 4.78 is 16.7. The van der Waals surface area contributed by atoms with E-state index in [1.165, 1.54) is 6.07 Å². The van der Waals surface area contributed by atoms with Crippen LogP contribution in [-0.2, 0) is 11.2 Å². The van der Waals surface area contributed by atoms with Gasteiger partial charge < -0.3 is 10.2 Å². The van der Waals surface area contributed by atoms with Gasteiger partial charge in [0.1, 0.15) is 11.5 Å². The van der Waals surface area contributed by atoms with Gasteiger partial charge in [0.25, 0.3) is 5.91 Å². The van der Waals surface area contributed by atoms with Crippen molar-refractivity contribution in [2.24, 2.45) is 5.41 Å². The van der Waals surface area contributed by atoms with Crippen LogP contribution < -0.4 is 5.32 Å². The molecule has 2 fully saturated rings. The second-order valence-corrected chi connectivity index (χ2v) is 10.2. The van der Waals surface area contributed by atoms with Gasteiger partial charge in [-0.2, -0.15) is 5.10 Å². The summed E-state index contributed by atoms with van der Waals surface area (Å²) in [5, 5.41) is 7.41. The molecular weight excluding hydrogens is 445 g/mol. The summed E-state index contributed by atoms with van der Waals surface area (Å²) in [6.07, 6.45) is 6.65. The van der Waals surface area contributed by atoms with Crippen LogP contribution in [-0.4, -0.2) is 43.9 Å². The van der Waals surface area contributed by atoms with E-state index in [2.05, 4.69) is 22.3 Å². The maximum absolute atomic E-state index is 15.1. The molecule has 1 saturated carbocycles. The summed E-state index contributed by atoms with van der Waals surface area (Å²) in [4.78, 5) is 32.2. The van der Waals surface area contributed by atoms with Crippen molar-refractivity contribution in [1.82, 2.24) is 19.5 Å². The topological polar surface area (TPSA) is 79.6 Å². The molecule has 2 aromatic heterocycles. The Balaban J connectivity index is 1.45. The molecule has 0 spiro atoms. The Labute approximate surface area is 204 Å². The molecule has 1 atom stereocenters. The summed E-state index contributed by atoms with van der Waals surface area (Å²) >= 11 is 0. The number of rotatable bonds is 5. The highest BCUT2D eigenvalue weighted by molar-refractivity contribution is 5.97. The molecule has 1 aliphatic heterocycles. The number of carbonyl (C=O) groups excluding carboxylic acids is 2. The highest BCUT2D eigenvalue weighted by atomic mass is 19.1. The molecule has 184 valence electrons. The number of benzene rings is 1. The van der Waals surface area contributed by atoms with Crippen molar-refractivity contribution in [1.29, 1.82) is 0 Å². The van der Waals surface area contributed by atoms with Crippen molar-refractivity contribution in [2.45, 2.75) is 71.8 Å². The molecule has 3 heterocycles. The van der Waals surface area contributed by atoms with E-state index in [1.54, 1.807) is 28.8 Å². The van der Waals surface area contributed by atoms with E-state index in [0.29, 0.717) is 34.7 Å². The summed E-state index contributed by atoms with van der Waals surface area (Å²) in [5.41, 5.74) is 2.62. The van der Waals surface area contributed by atoms with Crippen LogP contribution >= 0.6 is 0 Å². The zero-order valence-corrected chi connectivity index (χ0v) is 20.6. The number of hydrogen-bond acceptors (Lipinski definition) is 4. The Morgan fingerprint density at radius 3 is 2.69 bits per heavy atom. The molecule has 8 heteroatoms. The molecular formula is C27H32FN5O2. The molecule has 7 nitrogen and oxygen atoms in total. The SMILES string of the molecule is CCc1cc(C(=O)N2CCCCCC2C)nc2cc(-c3ccc(NC(=O)C4(C)CC4)cc3F)nn12. The average molecular weight is 478 g/mol. The molecule has 5 rings (SSSR count). The van der Waals surface area contributed by atoms with Gasteiger partial charge in [-0.15, -0.1) is 0 Å². The quantitative estimate of drug-likeness (QED) is 0.545. The van der Waals surface area contributed by atoms with Crippen molar-refractivity contribution >= 4 is 23.1 Å². The van der Waals surface area contributed by atoms with Crippen LogP contribution in [0.5, 0.6) is 0 Å². The third kappa shape index (κ3) is 4.54. The second kappa shape index (κ2) is 9.06.